The zero-order chi connectivity index (χ0) is 19.5. The Kier molecular flexibility index (Phi) is 8.57. The van der Waals surface area contributed by atoms with Crippen molar-refractivity contribution >= 4 is 23.4 Å². The van der Waals surface area contributed by atoms with Crippen molar-refractivity contribution in [2.45, 2.75) is 19.5 Å². The van der Waals surface area contributed by atoms with Gasteiger partial charge in [-0.25, -0.2) is 9.38 Å². The first-order chi connectivity index (χ1) is 13.1. The smallest absolute Gasteiger partial charge is 0.269 e. The molecule has 0 aliphatic carbocycles. The molecule has 6 nitrogen and oxygen atoms in total. The third-order valence-electron chi connectivity index (χ3n) is 3.79. The average molecular weight is 390 g/mol. The number of halogens is 1. The molecule has 0 radical (unpaired) electrons. The summed E-state index contributed by atoms with van der Waals surface area (Å²) in [7, 11) is 0. The summed E-state index contributed by atoms with van der Waals surface area (Å²) in [5.74, 6) is 1.36. The number of non-ortho nitro benzene ring substituents is 1. The van der Waals surface area contributed by atoms with E-state index < -0.39 is 4.92 Å². The van der Waals surface area contributed by atoms with Gasteiger partial charge in [-0.15, -0.1) is 0 Å². The van der Waals surface area contributed by atoms with Gasteiger partial charge in [0.05, 0.1) is 11.5 Å². The summed E-state index contributed by atoms with van der Waals surface area (Å²) in [4.78, 5) is 14.8. The van der Waals surface area contributed by atoms with E-state index in [9.17, 15) is 14.5 Å². The lowest BCUT2D eigenvalue weighted by atomic mass is 10.2. The number of nitro groups is 1. The first-order valence-electron chi connectivity index (χ1n) is 8.58. The number of thioether (sulfide) groups is 1. The Morgan fingerprint density at radius 3 is 2.59 bits per heavy atom. The highest BCUT2D eigenvalue weighted by Gasteiger charge is 2.05. The van der Waals surface area contributed by atoms with E-state index in [0.717, 1.165) is 24.3 Å². The van der Waals surface area contributed by atoms with Crippen molar-refractivity contribution in [1.82, 2.24) is 10.6 Å². The van der Waals surface area contributed by atoms with E-state index in [2.05, 4.69) is 21.9 Å². The predicted octanol–water partition coefficient (Wildman–Crippen LogP) is 3.72. The molecule has 0 bridgehead atoms. The molecule has 0 unspecified atom stereocenters. The number of hydrogen-bond donors (Lipinski definition) is 2. The molecule has 144 valence electrons. The van der Waals surface area contributed by atoms with Gasteiger partial charge in [0.25, 0.3) is 5.69 Å². The molecule has 27 heavy (non-hydrogen) atoms. The van der Waals surface area contributed by atoms with E-state index in [1.54, 1.807) is 42.1 Å². The molecule has 2 rings (SSSR count). The molecule has 0 atom stereocenters. The molecular weight excluding hydrogens is 367 g/mol. The molecule has 0 saturated heterocycles. The monoisotopic (exact) mass is 390 g/mol. The third-order valence-corrected chi connectivity index (χ3v) is 4.49. The van der Waals surface area contributed by atoms with Crippen LogP contribution in [0.15, 0.2) is 53.5 Å². The Hall–Kier alpha value is -2.61. The van der Waals surface area contributed by atoms with Gasteiger partial charge in [-0.2, -0.15) is 11.8 Å². The van der Waals surface area contributed by atoms with Crippen molar-refractivity contribution in [1.29, 1.82) is 0 Å². The van der Waals surface area contributed by atoms with Crippen LogP contribution >= 0.6 is 11.8 Å². The highest BCUT2D eigenvalue weighted by Crippen LogP contribution is 2.12. The Morgan fingerprint density at radius 1 is 1.19 bits per heavy atom. The third kappa shape index (κ3) is 7.26. The van der Waals surface area contributed by atoms with E-state index in [1.165, 1.54) is 18.2 Å². The normalized spacial score (nSPS) is 11.3. The average Bonchev–Trinajstić information content (AvgIpc) is 2.68. The van der Waals surface area contributed by atoms with Gasteiger partial charge in [-0.1, -0.05) is 30.3 Å². The zero-order valence-electron chi connectivity index (χ0n) is 15.2. The Balaban J connectivity index is 2.00. The summed E-state index contributed by atoms with van der Waals surface area (Å²) in [6.45, 7) is 1.44. The fraction of sp³-hybridized carbons (Fsp3) is 0.316. The fourth-order valence-corrected chi connectivity index (χ4v) is 2.74. The number of nitrogens with one attached hydrogen (secondary N) is 2. The van der Waals surface area contributed by atoms with Crippen molar-refractivity contribution in [3.05, 3.63) is 75.6 Å². The number of nitrogens with zero attached hydrogens (tertiary/aromatic N) is 2. The lowest BCUT2D eigenvalue weighted by Gasteiger charge is -2.13. The fourth-order valence-electron chi connectivity index (χ4n) is 2.31. The molecule has 2 aromatic rings. The lowest BCUT2D eigenvalue weighted by Crippen LogP contribution is -2.37. The van der Waals surface area contributed by atoms with Gasteiger partial charge in [0.2, 0.25) is 0 Å². The van der Waals surface area contributed by atoms with E-state index in [-0.39, 0.29) is 11.5 Å². The van der Waals surface area contributed by atoms with Crippen LogP contribution in [-0.2, 0) is 13.1 Å². The van der Waals surface area contributed by atoms with Gasteiger partial charge >= 0.3 is 0 Å². The highest BCUT2D eigenvalue weighted by molar-refractivity contribution is 7.98. The second kappa shape index (κ2) is 11.2. The minimum absolute atomic E-state index is 0.0517. The molecule has 0 spiro atoms. The number of nitro benzene ring substituents is 1. The van der Waals surface area contributed by atoms with Crippen molar-refractivity contribution in [3.8, 4) is 0 Å². The summed E-state index contributed by atoms with van der Waals surface area (Å²) in [6.07, 6.45) is 3.04. The van der Waals surface area contributed by atoms with Crippen molar-refractivity contribution in [2.75, 3.05) is 18.6 Å². The van der Waals surface area contributed by atoms with Crippen LogP contribution in [0.4, 0.5) is 10.1 Å². The molecule has 0 aliphatic rings. The maximum absolute atomic E-state index is 13.8. The molecule has 2 aromatic carbocycles. The highest BCUT2D eigenvalue weighted by atomic mass is 32.2. The van der Waals surface area contributed by atoms with Crippen molar-refractivity contribution in [3.63, 3.8) is 0 Å². The van der Waals surface area contributed by atoms with Crippen LogP contribution in [-0.4, -0.2) is 29.4 Å². The van der Waals surface area contributed by atoms with Gasteiger partial charge in [0.1, 0.15) is 5.82 Å². The van der Waals surface area contributed by atoms with Crippen molar-refractivity contribution < 1.29 is 9.31 Å². The van der Waals surface area contributed by atoms with Gasteiger partial charge < -0.3 is 10.6 Å². The topological polar surface area (TPSA) is 79.6 Å². The van der Waals surface area contributed by atoms with E-state index in [4.69, 9.17) is 0 Å². The number of guanidine groups is 1. The van der Waals surface area contributed by atoms with Gasteiger partial charge in [-0.3, -0.25) is 10.1 Å². The van der Waals surface area contributed by atoms with Crippen LogP contribution in [0.2, 0.25) is 0 Å². The van der Waals surface area contributed by atoms with E-state index in [1.807, 2.05) is 0 Å². The van der Waals surface area contributed by atoms with Gasteiger partial charge in [-0.05, 0) is 30.1 Å². The molecule has 2 N–H and O–H groups in total. The van der Waals surface area contributed by atoms with Crippen LogP contribution < -0.4 is 10.6 Å². The molecule has 0 heterocycles. The summed E-state index contributed by atoms with van der Waals surface area (Å²) in [5.41, 5.74) is 1.47. The van der Waals surface area contributed by atoms with Crippen molar-refractivity contribution in [2.24, 2.45) is 4.99 Å². The molecule has 0 fully saturated rings. The number of rotatable bonds is 9. The maximum Gasteiger partial charge on any atom is 0.269 e. The zero-order valence-corrected chi connectivity index (χ0v) is 16.0. The Bertz CT molecular complexity index is 769. The van der Waals surface area contributed by atoms with Gasteiger partial charge in [0, 0.05) is 30.8 Å². The summed E-state index contributed by atoms with van der Waals surface area (Å²) in [5, 5.41) is 17.1. The lowest BCUT2D eigenvalue weighted by molar-refractivity contribution is -0.384. The minimum Gasteiger partial charge on any atom is -0.356 e. The van der Waals surface area contributed by atoms with E-state index in [0.29, 0.717) is 24.6 Å². The van der Waals surface area contributed by atoms with Crippen LogP contribution in [0.3, 0.4) is 0 Å². The standard InChI is InChI=1S/C19H23FN4O2S/c1-27-12-4-11-21-19(23-14-16-5-2-3-6-18(16)20)22-13-15-7-9-17(10-8-15)24(25)26/h2-3,5-10H,4,11-14H2,1H3,(H2,21,22,23). The van der Waals surface area contributed by atoms with Crippen LogP contribution in [0, 0.1) is 15.9 Å². The molecular formula is C19H23FN4O2S. The summed E-state index contributed by atoms with van der Waals surface area (Å²) >= 11 is 1.77. The number of aliphatic imine (C=N–C) groups is 1. The predicted molar refractivity (Wildman–Crippen MR) is 108 cm³/mol. The molecule has 0 aliphatic heterocycles. The van der Waals surface area contributed by atoms with Crippen LogP contribution in [0.1, 0.15) is 17.5 Å². The van der Waals surface area contributed by atoms with Gasteiger partial charge in [0.15, 0.2) is 5.96 Å². The summed E-state index contributed by atoms with van der Waals surface area (Å²) < 4.78 is 13.8. The Morgan fingerprint density at radius 2 is 1.93 bits per heavy atom. The first kappa shape index (κ1) is 20.7. The molecule has 0 amide bonds. The minimum atomic E-state index is -0.429. The second-order valence-electron chi connectivity index (χ2n) is 5.81. The molecule has 0 saturated carbocycles. The largest absolute Gasteiger partial charge is 0.356 e. The van der Waals surface area contributed by atoms with E-state index >= 15 is 0 Å². The first-order valence-corrected chi connectivity index (χ1v) is 9.97. The number of benzene rings is 2. The molecule has 8 heteroatoms. The quantitative estimate of drug-likeness (QED) is 0.224. The maximum atomic E-state index is 13.8. The molecule has 0 aromatic heterocycles. The summed E-state index contributed by atoms with van der Waals surface area (Å²) in [6, 6.07) is 12.9. The number of hydrogen-bond acceptors (Lipinski definition) is 4. The second-order valence-corrected chi connectivity index (χ2v) is 6.79. The Labute approximate surface area is 162 Å². The van der Waals surface area contributed by atoms with Crippen LogP contribution in [0.5, 0.6) is 0 Å². The van der Waals surface area contributed by atoms with Crippen LogP contribution in [0.25, 0.3) is 0 Å². The SMILES string of the molecule is CSCCCNC(=NCc1ccc([N+](=O)[O-])cc1)NCc1ccccc1F.